The highest BCUT2D eigenvalue weighted by Gasteiger charge is 2.22. The van der Waals surface area contributed by atoms with E-state index in [1.54, 1.807) is 6.20 Å². The van der Waals surface area contributed by atoms with Crippen LogP contribution in [0.1, 0.15) is 38.9 Å². The van der Waals surface area contributed by atoms with E-state index in [9.17, 15) is 5.11 Å². The van der Waals surface area contributed by atoms with Gasteiger partial charge in [0.15, 0.2) is 6.29 Å². The smallest absolute Gasteiger partial charge is 0.187 e. The number of hydrogen-bond donors (Lipinski definition) is 1. The van der Waals surface area contributed by atoms with Crippen LogP contribution in [0.25, 0.3) is 0 Å². The van der Waals surface area contributed by atoms with Gasteiger partial charge in [-0.25, -0.2) is 0 Å². The van der Waals surface area contributed by atoms with Crippen LogP contribution in [-0.2, 0) is 16.0 Å². The van der Waals surface area contributed by atoms with Crippen LogP contribution < -0.4 is 0 Å². The Bertz CT molecular complexity index is 308. The first-order chi connectivity index (χ1) is 8.22. The minimum absolute atomic E-state index is 0.505. The van der Waals surface area contributed by atoms with Gasteiger partial charge in [-0.1, -0.05) is 6.92 Å². The molecule has 0 radical (unpaired) electrons. The molecule has 0 aromatic carbocycles. The molecular formula is C12H22N2O3. The van der Waals surface area contributed by atoms with Crippen LogP contribution in [0.4, 0.5) is 0 Å². The molecule has 0 bridgehead atoms. The molecular weight excluding hydrogens is 220 g/mol. The lowest BCUT2D eigenvalue weighted by molar-refractivity contribution is -0.191. The Kier molecular flexibility index (Phi) is 6.18. The van der Waals surface area contributed by atoms with E-state index in [4.69, 9.17) is 9.47 Å². The fourth-order valence-electron chi connectivity index (χ4n) is 1.60. The maximum absolute atomic E-state index is 10.1. The normalized spacial score (nSPS) is 13.2. The molecule has 1 heterocycles. The third-order valence-corrected chi connectivity index (χ3v) is 2.37. The van der Waals surface area contributed by atoms with E-state index < -0.39 is 12.4 Å². The first-order valence-corrected chi connectivity index (χ1v) is 6.16. The molecule has 0 saturated carbocycles. The van der Waals surface area contributed by atoms with Gasteiger partial charge in [0.1, 0.15) is 6.10 Å². The van der Waals surface area contributed by atoms with E-state index in [-0.39, 0.29) is 0 Å². The summed E-state index contributed by atoms with van der Waals surface area (Å²) in [7, 11) is 0. The molecule has 0 saturated heterocycles. The molecule has 1 N–H and O–H groups in total. The van der Waals surface area contributed by atoms with E-state index >= 15 is 0 Å². The molecule has 98 valence electrons. The second-order valence-corrected chi connectivity index (χ2v) is 3.76. The zero-order chi connectivity index (χ0) is 12.7. The van der Waals surface area contributed by atoms with E-state index in [0.29, 0.717) is 13.2 Å². The van der Waals surface area contributed by atoms with Crippen molar-refractivity contribution in [3.05, 3.63) is 18.0 Å². The van der Waals surface area contributed by atoms with Crippen molar-refractivity contribution in [1.29, 1.82) is 0 Å². The van der Waals surface area contributed by atoms with Gasteiger partial charge in [-0.15, -0.1) is 0 Å². The maximum Gasteiger partial charge on any atom is 0.187 e. The monoisotopic (exact) mass is 242 g/mol. The van der Waals surface area contributed by atoms with Crippen molar-refractivity contribution in [1.82, 2.24) is 9.78 Å². The summed E-state index contributed by atoms with van der Waals surface area (Å²) in [6, 6.07) is 0. The molecule has 0 aliphatic rings. The first-order valence-electron chi connectivity index (χ1n) is 6.16. The van der Waals surface area contributed by atoms with Crippen LogP contribution in [0, 0.1) is 0 Å². The molecule has 0 spiro atoms. The minimum atomic E-state index is -0.791. The second-order valence-electron chi connectivity index (χ2n) is 3.76. The van der Waals surface area contributed by atoms with Crippen molar-refractivity contribution in [2.24, 2.45) is 0 Å². The van der Waals surface area contributed by atoms with E-state index in [1.165, 1.54) is 0 Å². The highest BCUT2D eigenvalue weighted by atomic mass is 16.7. The Hall–Kier alpha value is -0.910. The Labute approximate surface area is 102 Å². The predicted molar refractivity (Wildman–Crippen MR) is 64.5 cm³/mol. The molecule has 1 atom stereocenters. The quantitative estimate of drug-likeness (QED) is 0.705. The van der Waals surface area contributed by atoms with Crippen LogP contribution in [-0.4, -0.2) is 34.4 Å². The van der Waals surface area contributed by atoms with Crippen LogP contribution in [0.3, 0.4) is 0 Å². The fraction of sp³-hybridized carbons (Fsp3) is 0.750. The molecule has 0 amide bonds. The molecule has 5 nitrogen and oxygen atoms in total. The molecule has 5 heteroatoms. The molecule has 1 aromatic rings. The molecule has 0 aliphatic heterocycles. The highest BCUT2D eigenvalue weighted by Crippen LogP contribution is 2.19. The topological polar surface area (TPSA) is 56.5 Å². The standard InChI is InChI=1S/C12H22N2O3/c1-4-7-14-9-10(8-13-14)11(15)12(16-5-2)17-6-3/h8-9,11-12,15H,4-7H2,1-3H3. The summed E-state index contributed by atoms with van der Waals surface area (Å²) < 4.78 is 12.5. The first kappa shape index (κ1) is 14.2. The van der Waals surface area contributed by atoms with Gasteiger partial charge in [0.05, 0.1) is 6.20 Å². The molecule has 1 unspecified atom stereocenters. The number of nitrogens with zero attached hydrogens (tertiary/aromatic N) is 2. The van der Waals surface area contributed by atoms with Gasteiger partial charge in [-0.3, -0.25) is 4.68 Å². The van der Waals surface area contributed by atoms with Crippen molar-refractivity contribution in [3.8, 4) is 0 Å². The lowest BCUT2D eigenvalue weighted by atomic mass is 10.2. The largest absolute Gasteiger partial charge is 0.383 e. The number of aryl methyl sites for hydroxylation is 1. The molecule has 0 fully saturated rings. The second kappa shape index (κ2) is 7.42. The van der Waals surface area contributed by atoms with Crippen molar-refractivity contribution in [2.75, 3.05) is 13.2 Å². The predicted octanol–water partition coefficient (Wildman–Crippen LogP) is 1.73. The lowest BCUT2D eigenvalue weighted by Gasteiger charge is -2.21. The summed E-state index contributed by atoms with van der Waals surface area (Å²) >= 11 is 0. The zero-order valence-corrected chi connectivity index (χ0v) is 10.8. The summed E-state index contributed by atoms with van der Waals surface area (Å²) in [6.07, 6.45) is 3.09. The van der Waals surface area contributed by atoms with E-state index in [0.717, 1.165) is 18.5 Å². The number of aromatic nitrogens is 2. The average molecular weight is 242 g/mol. The number of hydrogen-bond acceptors (Lipinski definition) is 4. The molecule has 1 aromatic heterocycles. The Morgan fingerprint density at radius 1 is 1.29 bits per heavy atom. The lowest BCUT2D eigenvalue weighted by Crippen LogP contribution is -2.25. The number of aliphatic hydroxyl groups excluding tert-OH is 1. The van der Waals surface area contributed by atoms with Crippen LogP contribution in [0.15, 0.2) is 12.4 Å². The van der Waals surface area contributed by atoms with Gasteiger partial charge in [0, 0.05) is 31.5 Å². The van der Waals surface area contributed by atoms with Crippen LogP contribution >= 0.6 is 0 Å². The van der Waals surface area contributed by atoms with Crippen molar-refractivity contribution in [3.63, 3.8) is 0 Å². The third kappa shape index (κ3) is 4.11. The number of rotatable bonds is 8. The average Bonchev–Trinajstić information content (AvgIpc) is 2.77. The SMILES string of the molecule is CCCn1cc(C(O)C(OCC)OCC)cn1. The molecule has 1 rings (SSSR count). The van der Waals surface area contributed by atoms with Gasteiger partial charge in [0.2, 0.25) is 0 Å². The van der Waals surface area contributed by atoms with Crippen LogP contribution in [0.2, 0.25) is 0 Å². The van der Waals surface area contributed by atoms with Gasteiger partial charge in [-0.05, 0) is 20.3 Å². The van der Waals surface area contributed by atoms with Gasteiger partial charge in [-0.2, -0.15) is 5.10 Å². The summed E-state index contributed by atoms with van der Waals surface area (Å²) in [5, 5.41) is 14.3. The number of ether oxygens (including phenoxy) is 2. The van der Waals surface area contributed by atoms with Gasteiger partial charge in [0.25, 0.3) is 0 Å². The summed E-state index contributed by atoms with van der Waals surface area (Å²) in [4.78, 5) is 0. The van der Waals surface area contributed by atoms with Crippen LogP contribution in [0.5, 0.6) is 0 Å². The van der Waals surface area contributed by atoms with E-state index in [1.807, 2.05) is 24.7 Å². The molecule has 17 heavy (non-hydrogen) atoms. The highest BCUT2D eigenvalue weighted by molar-refractivity contribution is 5.08. The summed E-state index contributed by atoms with van der Waals surface area (Å²) in [5.74, 6) is 0. The molecule has 0 aliphatic carbocycles. The van der Waals surface area contributed by atoms with Gasteiger partial charge < -0.3 is 14.6 Å². The van der Waals surface area contributed by atoms with E-state index in [2.05, 4.69) is 12.0 Å². The Morgan fingerprint density at radius 3 is 2.47 bits per heavy atom. The zero-order valence-electron chi connectivity index (χ0n) is 10.8. The fourth-order valence-corrected chi connectivity index (χ4v) is 1.60. The van der Waals surface area contributed by atoms with Gasteiger partial charge >= 0.3 is 0 Å². The Morgan fingerprint density at radius 2 is 1.94 bits per heavy atom. The minimum Gasteiger partial charge on any atom is -0.383 e. The number of aliphatic hydroxyl groups is 1. The van der Waals surface area contributed by atoms with Crippen molar-refractivity contribution in [2.45, 2.75) is 46.1 Å². The summed E-state index contributed by atoms with van der Waals surface area (Å²) in [5.41, 5.74) is 0.727. The third-order valence-electron chi connectivity index (χ3n) is 2.37. The Balaban J connectivity index is 2.66. The maximum atomic E-state index is 10.1. The summed E-state index contributed by atoms with van der Waals surface area (Å²) in [6.45, 7) is 7.69. The van der Waals surface area contributed by atoms with Crippen molar-refractivity contribution >= 4 is 0 Å². The van der Waals surface area contributed by atoms with Crippen molar-refractivity contribution < 1.29 is 14.6 Å².